The summed E-state index contributed by atoms with van der Waals surface area (Å²) in [4.78, 5) is 2.89. The van der Waals surface area contributed by atoms with Gasteiger partial charge in [0.2, 0.25) is 0 Å². The van der Waals surface area contributed by atoms with Crippen LogP contribution < -0.4 is 10.6 Å². The number of piperazine rings is 1. The van der Waals surface area contributed by atoms with Crippen molar-refractivity contribution in [1.29, 1.82) is 0 Å². The maximum Gasteiger partial charge on any atom is 0.0619 e. The molecule has 4 nitrogen and oxygen atoms in total. The normalized spacial score (nSPS) is 53.4. The lowest BCUT2D eigenvalue weighted by Crippen LogP contribution is -2.51. The average molecular weight is 291 g/mol. The third kappa shape index (κ3) is 2.26. The Bertz CT molecular complexity index is 397. The fourth-order valence-electron chi connectivity index (χ4n) is 5.80. The number of likely N-dealkylation sites (tertiary alicyclic amines) is 1. The maximum atomic E-state index is 6.01. The second-order valence-corrected chi connectivity index (χ2v) is 8.01. The molecule has 5 fully saturated rings. The lowest BCUT2D eigenvalue weighted by atomic mass is 9.76. The zero-order chi connectivity index (χ0) is 13.8. The summed E-state index contributed by atoms with van der Waals surface area (Å²) in [7, 11) is 0. The smallest absolute Gasteiger partial charge is 0.0619 e. The van der Waals surface area contributed by atoms with Crippen LogP contribution in [0, 0.1) is 17.8 Å². The van der Waals surface area contributed by atoms with Gasteiger partial charge in [-0.2, -0.15) is 0 Å². The van der Waals surface area contributed by atoms with E-state index >= 15 is 0 Å². The van der Waals surface area contributed by atoms with Crippen molar-refractivity contribution in [2.45, 2.75) is 56.3 Å². The first-order chi connectivity index (χ1) is 10.4. The maximum absolute atomic E-state index is 6.01. The van der Waals surface area contributed by atoms with E-state index in [2.05, 4.69) is 15.5 Å². The first kappa shape index (κ1) is 13.3. The first-order valence-electron chi connectivity index (χ1n) is 9.21. The summed E-state index contributed by atoms with van der Waals surface area (Å²) < 4.78 is 6.01. The van der Waals surface area contributed by atoms with Gasteiger partial charge >= 0.3 is 0 Å². The van der Waals surface area contributed by atoms with Gasteiger partial charge in [-0.1, -0.05) is 0 Å². The highest BCUT2D eigenvalue weighted by Crippen LogP contribution is 2.49. The van der Waals surface area contributed by atoms with Crippen LogP contribution in [0.5, 0.6) is 0 Å². The zero-order valence-corrected chi connectivity index (χ0v) is 13.0. The average Bonchev–Trinajstić information content (AvgIpc) is 3.00. The van der Waals surface area contributed by atoms with Gasteiger partial charge in [0.1, 0.15) is 0 Å². The largest absolute Gasteiger partial charge is 0.378 e. The molecule has 0 aromatic carbocycles. The van der Waals surface area contributed by atoms with Gasteiger partial charge in [0, 0.05) is 44.4 Å². The van der Waals surface area contributed by atoms with Crippen LogP contribution in [-0.4, -0.2) is 61.9 Å². The van der Waals surface area contributed by atoms with E-state index in [1.54, 1.807) is 0 Å². The minimum atomic E-state index is 0.596. The van der Waals surface area contributed by atoms with Gasteiger partial charge in [-0.25, -0.2) is 0 Å². The molecule has 0 radical (unpaired) electrons. The fraction of sp³-hybridized carbons (Fsp3) is 1.00. The van der Waals surface area contributed by atoms with Gasteiger partial charge in [0.25, 0.3) is 0 Å². The quantitative estimate of drug-likeness (QED) is 0.790. The van der Waals surface area contributed by atoms with Crippen LogP contribution in [0.25, 0.3) is 0 Å². The molecular weight excluding hydrogens is 262 g/mol. The highest BCUT2D eigenvalue weighted by atomic mass is 16.5. The summed E-state index contributed by atoms with van der Waals surface area (Å²) in [6.45, 7) is 5.85. The number of hydrogen-bond acceptors (Lipinski definition) is 4. The molecule has 7 atom stereocenters. The van der Waals surface area contributed by atoms with Crippen molar-refractivity contribution >= 4 is 0 Å². The fourth-order valence-corrected chi connectivity index (χ4v) is 5.80. The van der Waals surface area contributed by atoms with E-state index in [0.29, 0.717) is 6.10 Å². The van der Waals surface area contributed by atoms with Gasteiger partial charge in [0.15, 0.2) is 0 Å². The van der Waals surface area contributed by atoms with Gasteiger partial charge in [-0.05, 0) is 56.4 Å². The van der Waals surface area contributed by atoms with Crippen molar-refractivity contribution in [3.8, 4) is 0 Å². The molecule has 3 heterocycles. The molecule has 2 N–H and O–H groups in total. The highest BCUT2D eigenvalue weighted by molar-refractivity contribution is 5.08. The number of ether oxygens (including phenoxy) is 1. The summed E-state index contributed by atoms with van der Waals surface area (Å²) in [5.41, 5.74) is 0. The molecule has 118 valence electrons. The van der Waals surface area contributed by atoms with Crippen LogP contribution in [0.3, 0.4) is 0 Å². The van der Waals surface area contributed by atoms with Crippen molar-refractivity contribution in [2.24, 2.45) is 17.8 Å². The Kier molecular flexibility index (Phi) is 3.28. The molecule has 7 unspecified atom stereocenters. The Balaban J connectivity index is 1.24. The number of nitrogens with zero attached hydrogens (tertiary/aromatic N) is 1. The molecule has 3 saturated heterocycles. The highest BCUT2D eigenvalue weighted by Gasteiger charge is 2.53. The summed E-state index contributed by atoms with van der Waals surface area (Å²) in [6, 6.07) is 2.44. The van der Waals surface area contributed by atoms with E-state index in [-0.39, 0.29) is 0 Å². The topological polar surface area (TPSA) is 36.5 Å². The van der Waals surface area contributed by atoms with Crippen molar-refractivity contribution in [3.05, 3.63) is 0 Å². The van der Waals surface area contributed by atoms with Crippen molar-refractivity contribution in [2.75, 3.05) is 32.8 Å². The van der Waals surface area contributed by atoms with Crippen LogP contribution in [0.1, 0.15) is 32.1 Å². The molecule has 5 aliphatic rings. The van der Waals surface area contributed by atoms with E-state index in [1.807, 2.05) is 0 Å². The minimum Gasteiger partial charge on any atom is -0.378 e. The Morgan fingerprint density at radius 2 is 1.95 bits per heavy atom. The van der Waals surface area contributed by atoms with E-state index in [0.717, 1.165) is 55.6 Å². The van der Waals surface area contributed by atoms with Crippen LogP contribution in [0.4, 0.5) is 0 Å². The number of hydrogen-bond donors (Lipinski definition) is 2. The van der Waals surface area contributed by atoms with Crippen molar-refractivity contribution in [1.82, 2.24) is 15.5 Å². The van der Waals surface area contributed by atoms with E-state index in [9.17, 15) is 0 Å². The molecule has 2 saturated carbocycles. The molecule has 0 aromatic heterocycles. The molecule has 0 bridgehead atoms. The molecule has 0 amide bonds. The van der Waals surface area contributed by atoms with Gasteiger partial charge in [-0.15, -0.1) is 0 Å². The number of fused-ring (bicyclic) bond motifs is 2. The van der Waals surface area contributed by atoms with Gasteiger partial charge in [-0.3, -0.25) is 4.90 Å². The minimum absolute atomic E-state index is 0.596. The molecule has 0 aromatic rings. The Labute approximate surface area is 128 Å². The zero-order valence-electron chi connectivity index (χ0n) is 13.0. The van der Waals surface area contributed by atoms with E-state index < -0.39 is 0 Å². The standard InChI is InChI=1S/C17H29N3O/c1-5-20(16-8-13(16)14-10-18-3-4-19-14)15-9-17-12(2-6-21-17)7-11(1)15/h11-19H,1-10H2. The summed E-state index contributed by atoms with van der Waals surface area (Å²) in [5.74, 6) is 2.77. The molecule has 2 aliphatic carbocycles. The number of nitrogens with one attached hydrogen (secondary N) is 2. The van der Waals surface area contributed by atoms with E-state index in [1.165, 1.54) is 45.2 Å². The summed E-state index contributed by atoms with van der Waals surface area (Å²) in [6.07, 6.45) is 7.59. The lowest BCUT2D eigenvalue weighted by molar-refractivity contribution is 0.0189. The molecule has 0 spiro atoms. The van der Waals surface area contributed by atoms with Crippen LogP contribution in [0.15, 0.2) is 0 Å². The Morgan fingerprint density at radius 1 is 0.952 bits per heavy atom. The molecule has 3 aliphatic heterocycles. The lowest BCUT2D eigenvalue weighted by Gasteiger charge is -2.38. The second-order valence-electron chi connectivity index (χ2n) is 8.01. The van der Waals surface area contributed by atoms with Gasteiger partial charge in [0.05, 0.1) is 6.10 Å². The number of rotatable bonds is 2. The Morgan fingerprint density at radius 3 is 2.86 bits per heavy atom. The predicted octanol–water partition coefficient (Wildman–Crippen LogP) is 0.826. The second kappa shape index (κ2) is 5.19. The van der Waals surface area contributed by atoms with Crippen molar-refractivity contribution < 1.29 is 4.74 Å². The molecule has 4 heteroatoms. The van der Waals surface area contributed by atoms with Crippen LogP contribution in [-0.2, 0) is 4.74 Å². The van der Waals surface area contributed by atoms with Crippen LogP contribution >= 0.6 is 0 Å². The van der Waals surface area contributed by atoms with E-state index in [4.69, 9.17) is 4.74 Å². The molecular formula is C17H29N3O. The summed E-state index contributed by atoms with van der Waals surface area (Å²) >= 11 is 0. The van der Waals surface area contributed by atoms with Crippen LogP contribution in [0.2, 0.25) is 0 Å². The SMILES string of the molecule is C1CNC(C2CC2N2CCC3CC4CCOC4CC32)CN1. The predicted molar refractivity (Wildman–Crippen MR) is 82.2 cm³/mol. The summed E-state index contributed by atoms with van der Waals surface area (Å²) in [5, 5.41) is 7.28. The first-order valence-corrected chi connectivity index (χ1v) is 9.21. The molecule has 5 rings (SSSR count). The third-order valence-corrected chi connectivity index (χ3v) is 6.97. The Hall–Kier alpha value is -0.160. The van der Waals surface area contributed by atoms with Gasteiger partial charge < -0.3 is 15.4 Å². The monoisotopic (exact) mass is 291 g/mol. The molecule has 21 heavy (non-hydrogen) atoms. The van der Waals surface area contributed by atoms with Crippen molar-refractivity contribution in [3.63, 3.8) is 0 Å². The third-order valence-electron chi connectivity index (χ3n) is 6.97.